The second-order valence-corrected chi connectivity index (χ2v) is 6.06. The molecule has 1 saturated heterocycles. The van der Waals surface area contributed by atoms with Crippen LogP contribution in [0.4, 0.5) is 5.69 Å². The highest BCUT2D eigenvalue weighted by atomic mass is 15.3. The van der Waals surface area contributed by atoms with Gasteiger partial charge in [0.05, 0.1) is 0 Å². The van der Waals surface area contributed by atoms with Crippen molar-refractivity contribution in [3.05, 3.63) is 29.8 Å². The first-order chi connectivity index (χ1) is 9.52. The first-order valence-corrected chi connectivity index (χ1v) is 7.44. The number of rotatable bonds is 4. The van der Waals surface area contributed by atoms with Gasteiger partial charge in [0.15, 0.2) is 0 Å². The predicted molar refractivity (Wildman–Crippen MR) is 86.2 cm³/mol. The molecule has 1 aliphatic heterocycles. The quantitative estimate of drug-likeness (QED) is 0.901. The Kier molecular flexibility index (Phi) is 5.02. The van der Waals surface area contributed by atoms with Gasteiger partial charge < -0.3 is 15.5 Å². The van der Waals surface area contributed by atoms with Crippen molar-refractivity contribution in [2.75, 3.05) is 52.2 Å². The summed E-state index contributed by atoms with van der Waals surface area (Å²) in [5.41, 5.74) is 8.61. The third-order valence-corrected chi connectivity index (χ3v) is 4.45. The summed E-state index contributed by atoms with van der Waals surface area (Å²) in [4.78, 5) is 7.06. The monoisotopic (exact) mass is 276 g/mol. The maximum atomic E-state index is 6.05. The van der Waals surface area contributed by atoms with Crippen LogP contribution >= 0.6 is 0 Å². The van der Waals surface area contributed by atoms with Gasteiger partial charge in [-0.2, -0.15) is 0 Å². The minimum absolute atomic E-state index is 0.336. The van der Waals surface area contributed by atoms with Crippen LogP contribution < -0.4 is 10.6 Å². The molecule has 20 heavy (non-hydrogen) atoms. The second kappa shape index (κ2) is 6.57. The highest BCUT2D eigenvalue weighted by Gasteiger charge is 2.26. The summed E-state index contributed by atoms with van der Waals surface area (Å²) >= 11 is 0. The van der Waals surface area contributed by atoms with Crippen molar-refractivity contribution in [2.24, 2.45) is 5.73 Å². The predicted octanol–water partition coefficient (Wildman–Crippen LogP) is 1.39. The Bertz CT molecular complexity index is 415. The van der Waals surface area contributed by atoms with E-state index < -0.39 is 0 Å². The lowest BCUT2D eigenvalue weighted by molar-refractivity contribution is 0.0741. The number of likely N-dealkylation sites (N-methyl/N-ethyl adjacent to an activating group) is 1. The van der Waals surface area contributed by atoms with E-state index in [1.807, 2.05) is 0 Å². The van der Waals surface area contributed by atoms with Gasteiger partial charge in [0.2, 0.25) is 0 Å². The molecule has 4 heteroatoms. The van der Waals surface area contributed by atoms with Gasteiger partial charge in [0, 0.05) is 58.0 Å². The topological polar surface area (TPSA) is 35.7 Å². The lowest BCUT2D eigenvalue weighted by atomic mass is 10.0. The maximum absolute atomic E-state index is 6.05. The van der Waals surface area contributed by atoms with Crippen LogP contribution in [0.5, 0.6) is 0 Å². The van der Waals surface area contributed by atoms with Crippen LogP contribution in [0.25, 0.3) is 0 Å². The van der Waals surface area contributed by atoms with Gasteiger partial charge in [-0.3, -0.25) is 4.90 Å². The van der Waals surface area contributed by atoms with E-state index in [0.29, 0.717) is 18.6 Å². The lowest BCUT2D eigenvalue weighted by Crippen LogP contribution is -2.52. The molecule has 0 aromatic heterocycles. The molecule has 1 aliphatic rings. The van der Waals surface area contributed by atoms with Crippen LogP contribution in [0, 0.1) is 0 Å². The van der Waals surface area contributed by atoms with Gasteiger partial charge in [0.25, 0.3) is 0 Å². The van der Waals surface area contributed by atoms with E-state index >= 15 is 0 Å². The number of piperazine rings is 1. The SMILES string of the molecule is CC1CN(C(CN)c2ccc(N(C)C)cc2)CCN1C. The van der Waals surface area contributed by atoms with E-state index in [0.717, 1.165) is 19.6 Å². The third kappa shape index (κ3) is 3.32. The molecule has 1 aromatic carbocycles. The van der Waals surface area contributed by atoms with E-state index in [1.54, 1.807) is 0 Å². The average Bonchev–Trinajstić information content (AvgIpc) is 2.44. The molecular formula is C16H28N4. The van der Waals surface area contributed by atoms with Crippen LogP contribution in [0.2, 0.25) is 0 Å². The summed E-state index contributed by atoms with van der Waals surface area (Å²) in [7, 11) is 6.33. The van der Waals surface area contributed by atoms with E-state index in [2.05, 4.69) is 67.0 Å². The molecule has 0 spiro atoms. The Balaban J connectivity index is 2.11. The fourth-order valence-electron chi connectivity index (χ4n) is 2.85. The van der Waals surface area contributed by atoms with Crippen LogP contribution in [0.1, 0.15) is 18.5 Å². The maximum Gasteiger partial charge on any atom is 0.0471 e. The van der Waals surface area contributed by atoms with Crippen molar-refractivity contribution < 1.29 is 0 Å². The van der Waals surface area contributed by atoms with E-state index in [4.69, 9.17) is 5.73 Å². The first-order valence-electron chi connectivity index (χ1n) is 7.44. The fraction of sp³-hybridized carbons (Fsp3) is 0.625. The Morgan fingerprint density at radius 2 is 1.90 bits per heavy atom. The number of benzene rings is 1. The number of nitrogens with zero attached hydrogens (tertiary/aromatic N) is 3. The van der Waals surface area contributed by atoms with Crippen LogP contribution in [0.15, 0.2) is 24.3 Å². The number of nitrogens with two attached hydrogens (primary N) is 1. The molecule has 1 aromatic rings. The zero-order valence-electron chi connectivity index (χ0n) is 13.2. The standard InChI is InChI=1S/C16H28N4/c1-13-12-20(10-9-19(13)4)16(11-17)14-5-7-15(8-6-14)18(2)3/h5-8,13,16H,9-12,17H2,1-4H3. The highest BCUT2D eigenvalue weighted by molar-refractivity contribution is 5.46. The van der Waals surface area contributed by atoms with Crippen molar-refractivity contribution >= 4 is 5.69 Å². The minimum Gasteiger partial charge on any atom is -0.378 e. The lowest BCUT2D eigenvalue weighted by Gasteiger charge is -2.41. The Labute approximate surface area is 123 Å². The van der Waals surface area contributed by atoms with Crippen LogP contribution in [-0.4, -0.2) is 63.2 Å². The van der Waals surface area contributed by atoms with Crippen molar-refractivity contribution in [3.8, 4) is 0 Å². The largest absolute Gasteiger partial charge is 0.378 e. The molecule has 2 N–H and O–H groups in total. The molecule has 0 saturated carbocycles. The summed E-state index contributed by atoms with van der Waals surface area (Å²) < 4.78 is 0. The van der Waals surface area contributed by atoms with Crippen molar-refractivity contribution in [3.63, 3.8) is 0 Å². The molecule has 2 rings (SSSR count). The molecule has 2 atom stereocenters. The molecule has 1 fully saturated rings. The summed E-state index contributed by atoms with van der Waals surface area (Å²) in [6, 6.07) is 9.72. The van der Waals surface area contributed by atoms with Gasteiger partial charge >= 0.3 is 0 Å². The summed E-state index contributed by atoms with van der Waals surface area (Å²) in [6.45, 7) is 6.27. The summed E-state index contributed by atoms with van der Waals surface area (Å²) in [6.07, 6.45) is 0. The Morgan fingerprint density at radius 1 is 1.25 bits per heavy atom. The number of anilines is 1. The summed E-state index contributed by atoms with van der Waals surface area (Å²) in [5.74, 6) is 0. The zero-order valence-corrected chi connectivity index (χ0v) is 13.2. The second-order valence-electron chi connectivity index (χ2n) is 6.06. The van der Waals surface area contributed by atoms with E-state index in [1.165, 1.54) is 11.3 Å². The van der Waals surface area contributed by atoms with Gasteiger partial charge in [-0.05, 0) is 31.7 Å². The molecule has 112 valence electrons. The molecule has 0 amide bonds. The Hall–Kier alpha value is -1.10. The summed E-state index contributed by atoms with van der Waals surface area (Å²) in [5, 5.41) is 0. The molecule has 2 unspecified atom stereocenters. The normalized spacial score (nSPS) is 22.8. The minimum atomic E-state index is 0.336. The Morgan fingerprint density at radius 3 is 2.40 bits per heavy atom. The number of hydrogen-bond acceptors (Lipinski definition) is 4. The van der Waals surface area contributed by atoms with Crippen LogP contribution in [0.3, 0.4) is 0 Å². The highest BCUT2D eigenvalue weighted by Crippen LogP contribution is 2.24. The van der Waals surface area contributed by atoms with Crippen molar-refractivity contribution in [1.29, 1.82) is 0 Å². The van der Waals surface area contributed by atoms with E-state index in [9.17, 15) is 0 Å². The van der Waals surface area contributed by atoms with E-state index in [-0.39, 0.29) is 0 Å². The third-order valence-electron chi connectivity index (χ3n) is 4.45. The fourth-order valence-corrected chi connectivity index (χ4v) is 2.85. The molecule has 1 heterocycles. The molecule has 4 nitrogen and oxygen atoms in total. The average molecular weight is 276 g/mol. The van der Waals surface area contributed by atoms with Crippen molar-refractivity contribution in [2.45, 2.75) is 19.0 Å². The number of hydrogen-bond donors (Lipinski definition) is 1. The van der Waals surface area contributed by atoms with Gasteiger partial charge in [0.1, 0.15) is 0 Å². The molecule has 0 bridgehead atoms. The first kappa shape index (κ1) is 15.3. The van der Waals surface area contributed by atoms with Crippen molar-refractivity contribution in [1.82, 2.24) is 9.80 Å². The van der Waals surface area contributed by atoms with Gasteiger partial charge in [-0.1, -0.05) is 12.1 Å². The van der Waals surface area contributed by atoms with Gasteiger partial charge in [-0.25, -0.2) is 0 Å². The molecule has 0 aliphatic carbocycles. The molecular weight excluding hydrogens is 248 g/mol. The zero-order chi connectivity index (χ0) is 14.7. The molecule has 0 radical (unpaired) electrons. The van der Waals surface area contributed by atoms with Crippen LogP contribution in [-0.2, 0) is 0 Å². The van der Waals surface area contributed by atoms with Gasteiger partial charge in [-0.15, -0.1) is 0 Å². The smallest absolute Gasteiger partial charge is 0.0471 e.